The van der Waals surface area contributed by atoms with E-state index in [0.717, 1.165) is 82.2 Å². The average molecular weight is 1030 g/mol. The highest BCUT2D eigenvalue weighted by atomic mass is 127. The lowest BCUT2D eigenvalue weighted by Crippen LogP contribution is -2.37. The zero-order valence-electron chi connectivity index (χ0n) is 31.1. The van der Waals surface area contributed by atoms with Crippen LogP contribution in [0.3, 0.4) is 0 Å². The number of rotatable bonds is 18. The third kappa shape index (κ3) is 13.1. The van der Waals surface area contributed by atoms with Crippen molar-refractivity contribution < 1.29 is 33.3 Å². The van der Waals surface area contributed by atoms with E-state index in [1.54, 1.807) is 6.07 Å². The summed E-state index contributed by atoms with van der Waals surface area (Å²) in [5.41, 5.74) is 3.86. The summed E-state index contributed by atoms with van der Waals surface area (Å²) in [6.07, 6.45) is 13.1. The largest absolute Gasteiger partial charge is 0.487 e. The summed E-state index contributed by atoms with van der Waals surface area (Å²) in [5, 5.41) is 0. The van der Waals surface area contributed by atoms with Crippen LogP contribution in [0.5, 0.6) is 11.5 Å². The lowest BCUT2D eigenvalue weighted by molar-refractivity contribution is -0.155. The summed E-state index contributed by atoms with van der Waals surface area (Å²) in [6, 6.07) is 3.64. The molecule has 0 bridgehead atoms. The van der Waals surface area contributed by atoms with Crippen LogP contribution in [0.1, 0.15) is 131 Å². The first-order valence-corrected chi connectivity index (χ1v) is 21.2. The van der Waals surface area contributed by atoms with Gasteiger partial charge in [-0.25, -0.2) is 14.4 Å². The highest BCUT2D eigenvalue weighted by Gasteiger charge is 2.35. The Hall–Kier alpha value is -1.16. The summed E-state index contributed by atoms with van der Waals surface area (Å²) >= 11 is 6.33. The van der Waals surface area contributed by atoms with Crippen molar-refractivity contribution in [3.63, 3.8) is 0 Å². The van der Waals surface area contributed by atoms with Gasteiger partial charge in [0.25, 0.3) is 0 Å². The topological polar surface area (TPSA) is 88.1 Å². The third-order valence-electron chi connectivity index (χ3n) is 9.94. The summed E-state index contributed by atoms with van der Waals surface area (Å²) in [4.78, 5) is 37.6. The van der Waals surface area contributed by atoms with Crippen LogP contribution in [-0.4, -0.2) is 36.7 Å². The maximum Gasteiger partial charge on any atom is 0.349 e. The van der Waals surface area contributed by atoms with Gasteiger partial charge in [0.1, 0.15) is 17.1 Å². The number of carbonyl (C=O) groups excluding carboxylic acids is 3. The third-order valence-corrected chi connectivity index (χ3v) is 13.6. The van der Waals surface area contributed by atoms with Crippen molar-refractivity contribution in [1.29, 1.82) is 0 Å². The maximum atomic E-state index is 12.8. The monoisotopic (exact) mass is 1030 g/mol. The molecule has 7 nitrogen and oxygen atoms in total. The first-order chi connectivity index (χ1) is 23.5. The number of hydrogen-bond donors (Lipinski definition) is 0. The van der Waals surface area contributed by atoms with Crippen LogP contribution in [0.25, 0.3) is 0 Å². The second-order valence-electron chi connectivity index (χ2n) is 14.9. The van der Waals surface area contributed by atoms with Crippen LogP contribution in [0.4, 0.5) is 0 Å². The molecule has 0 N–H and O–H groups in total. The fraction of sp³-hybridized carbons (Fsp3) is 0.625. The van der Waals surface area contributed by atoms with Crippen molar-refractivity contribution >= 4 is 85.7 Å². The first-order valence-electron chi connectivity index (χ1n) is 18.0. The van der Waals surface area contributed by atoms with Crippen molar-refractivity contribution in [2.24, 2.45) is 17.8 Å². The van der Waals surface area contributed by atoms with Crippen LogP contribution in [-0.2, 0) is 25.5 Å². The molecule has 1 aliphatic rings. The number of ether oxygens (including phenoxy) is 4. The Kier molecular flexibility index (Phi) is 17.6. The minimum absolute atomic E-state index is 0.229. The molecule has 0 amide bonds. The molecule has 2 aromatic rings. The van der Waals surface area contributed by atoms with Gasteiger partial charge in [-0.3, -0.25) is 0 Å². The van der Waals surface area contributed by atoms with Gasteiger partial charge in [0.05, 0.1) is 5.56 Å². The van der Waals surface area contributed by atoms with Gasteiger partial charge in [-0.05, 0) is 168 Å². The van der Waals surface area contributed by atoms with Crippen LogP contribution >= 0.6 is 67.8 Å². The predicted octanol–water partition coefficient (Wildman–Crippen LogP) is 11.3. The van der Waals surface area contributed by atoms with E-state index in [4.69, 9.17) is 18.9 Å². The van der Waals surface area contributed by atoms with E-state index < -0.39 is 31.1 Å². The molecule has 3 atom stereocenters. The van der Waals surface area contributed by atoms with E-state index in [2.05, 4.69) is 102 Å². The highest BCUT2D eigenvalue weighted by molar-refractivity contribution is 14.1. The van der Waals surface area contributed by atoms with Gasteiger partial charge in [-0.1, -0.05) is 72.6 Å². The Bertz CT molecular complexity index is 1500. The van der Waals surface area contributed by atoms with E-state index in [1.807, 2.05) is 26.8 Å². The lowest BCUT2D eigenvalue weighted by atomic mass is 9.83. The van der Waals surface area contributed by atoms with Gasteiger partial charge in [0, 0.05) is 16.3 Å². The zero-order valence-corrected chi connectivity index (χ0v) is 37.5. The molecule has 10 heteroatoms. The Balaban J connectivity index is 1.47. The predicted molar refractivity (Wildman–Crippen MR) is 224 cm³/mol. The molecule has 3 unspecified atom stereocenters. The minimum atomic E-state index is -0.829. The van der Waals surface area contributed by atoms with Crippen molar-refractivity contribution in [2.75, 3.05) is 13.2 Å². The van der Waals surface area contributed by atoms with Crippen LogP contribution in [0.2, 0.25) is 0 Å². The van der Waals surface area contributed by atoms with E-state index in [1.165, 1.54) is 44.9 Å². The quantitative estimate of drug-likeness (QED) is 0.0636. The Labute approximate surface area is 340 Å². The number of esters is 3. The Morgan fingerprint density at radius 2 is 1.40 bits per heavy atom. The van der Waals surface area contributed by atoms with E-state index >= 15 is 0 Å². The molecular weight excluding hydrogens is 973 g/mol. The number of hydrogen-bond acceptors (Lipinski definition) is 7. The Morgan fingerprint density at radius 1 is 0.800 bits per heavy atom. The number of halogens is 3. The molecule has 50 heavy (non-hydrogen) atoms. The van der Waals surface area contributed by atoms with Gasteiger partial charge in [0.2, 0.25) is 0 Å². The molecule has 0 fully saturated rings. The van der Waals surface area contributed by atoms with Crippen molar-refractivity contribution in [1.82, 2.24) is 0 Å². The SMILES string of the molecule is Cc1c(C)c2c(c(C)c1OC(=O)COC(=O)COC(=O)c1cc(I)cc(I)c1I)CCC(C)(CCCC(C)CCCC(C)CCCC(C)C)O2. The molecule has 3 rings (SSSR count). The molecule has 278 valence electrons. The van der Waals surface area contributed by atoms with Gasteiger partial charge >= 0.3 is 17.9 Å². The summed E-state index contributed by atoms with van der Waals surface area (Å²) in [6.45, 7) is 16.3. The van der Waals surface area contributed by atoms with Gasteiger partial charge in [-0.15, -0.1) is 0 Å². The summed E-state index contributed by atoms with van der Waals surface area (Å²) < 4.78 is 25.3. The summed E-state index contributed by atoms with van der Waals surface area (Å²) in [5.74, 6) is 1.58. The molecule has 0 spiro atoms. The number of carbonyl (C=O) groups is 3. The molecule has 0 saturated heterocycles. The average Bonchev–Trinajstić information content (AvgIpc) is 3.05. The van der Waals surface area contributed by atoms with Crippen molar-refractivity contribution in [3.05, 3.63) is 50.7 Å². The van der Waals surface area contributed by atoms with E-state index in [-0.39, 0.29) is 5.60 Å². The second kappa shape index (κ2) is 20.3. The standard InChI is InChI=1S/C40H55I3O7/c1-24(2)12-9-13-25(3)14-10-15-26(4)16-11-18-40(8)19-17-31-29(7)37(27(5)28(6)38(31)50-40)49-35(45)23-47-34(44)22-48-39(46)32-20-30(41)21-33(42)36(32)43/h20-21,24-26H,9-19,22-23H2,1-8H3. The fourth-order valence-corrected chi connectivity index (χ4v) is 9.02. The van der Waals surface area contributed by atoms with Gasteiger partial charge in [-0.2, -0.15) is 0 Å². The minimum Gasteiger partial charge on any atom is -0.487 e. The van der Waals surface area contributed by atoms with Crippen molar-refractivity contribution in [2.45, 2.75) is 132 Å². The lowest BCUT2D eigenvalue weighted by Gasteiger charge is -2.38. The normalized spacial score (nSPS) is 16.7. The molecule has 0 radical (unpaired) electrons. The van der Waals surface area contributed by atoms with E-state index in [9.17, 15) is 14.4 Å². The molecule has 0 saturated carbocycles. The van der Waals surface area contributed by atoms with Crippen LogP contribution in [0.15, 0.2) is 12.1 Å². The summed E-state index contributed by atoms with van der Waals surface area (Å²) in [7, 11) is 0. The fourth-order valence-electron chi connectivity index (χ4n) is 6.64. The molecule has 0 aromatic heterocycles. The molecular formula is C40H55I3O7. The maximum absolute atomic E-state index is 12.8. The van der Waals surface area contributed by atoms with Gasteiger partial charge < -0.3 is 18.9 Å². The number of benzene rings is 2. The first kappa shape index (κ1) is 43.2. The molecule has 2 aromatic carbocycles. The smallest absolute Gasteiger partial charge is 0.349 e. The molecule has 0 aliphatic carbocycles. The number of fused-ring (bicyclic) bond motifs is 1. The van der Waals surface area contributed by atoms with Crippen LogP contribution < -0.4 is 9.47 Å². The van der Waals surface area contributed by atoms with Crippen molar-refractivity contribution in [3.8, 4) is 11.5 Å². The van der Waals surface area contributed by atoms with Gasteiger partial charge in [0.15, 0.2) is 13.2 Å². The Morgan fingerprint density at radius 3 is 2.04 bits per heavy atom. The molecule has 1 heterocycles. The zero-order chi connectivity index (χ0) is 37.2. The highest BCUT2D eigenvalue weighted by Crippen LogP contribution is 2.45. The second-order valence-corrected chi connectivity index (χ2v) is 18.4. The van der Waals surface area contributed by atoms with Crippen LogP contribution in [0, 0.1) is 49.2 Å². The van der Waals surface area contributed by atoms with E-state index in [0.29, 0.717) is 11.3 Å². The molecule has 1 aliphatic heterocycles.